The van der Waals surface area contributed by atoms with Crippen LogP contribution in [0.5, 0.6) is 0 Å². The Hall–Kier alpha value is -1.80. The normalized spacial score (nSPS) is 15.4. The number of hydrogen-bond acceptors (Lipinski definition) is 4. The molecule has 0 radical (unpaired) electrons. The molecule has 0 aliphatic heterocycles. The molecule has 184 valence electrons. The van der Waals surface area contributed by atoms with Gasteiger partial charge >= 0.3 is 0 Å². The molecular weight excluding hydrogens is 491 g/mol. The lowest BCUT2D eigenvalue weighted by Gasteiger charge is -2.30. The molecule has 0 amide bonds. The van der Waals surface area contributed by atoms with Crippen LogP contribution in [0.3, 0.4) is 0 Å². The first-order valence-corrected chi connectivity index (χ1v) is 14.1. The van der Waals surface area contributed by atoms with E-state index in [1.165, 1.54) is 6.42 Å². The Morgan fingerprint density at radius 1 is 1.03 bits per heavy atom. The van der Waals surface area contributed by atoms with Crippen LogP contribution in [-0.4, -0.2) is 48.7 Å². The van der Waals surface area contributed by atoms with Gasteiger partial charge in [0.05, 0.1) is 17.0 Å². The van der Waals surface area contributed by atoms with Crippen molar-refractivity contribution in [2.45, 2.75) is 63.4 Å². The minimum atomic E-state index is -3.61. The standard InChI is InChI=1S/C25H32Cl2N4O2S/c1-4-30(5-2)25-20-16-19(34(32,33)29(3)18-10-7-6-8-11-18)14-15-24(20)31(28-25)17-21-22(26)12-9-13-23(21)27/h9,12-16,18H,4-8,10-11,17H2,1-3H3. The fourth-order valence-corrected chi connectivity index (χ4v) is 6.78. The summed E-state index contributed by atoms with van der Waals surface area (Å²) in [6.45, 7) is 6.04. The predicted octanol–water partition coefficient (Wildman–Crippen LogP) is 6.19. The van der Waals surface area contributed by atoms with Crippen molar-refractivity contribution in [1.29, 1.82) is 0 Å². The van der Waals surface area contributed by atoms with Gasteiger partial charge in [-0.1, -0.05) is 48.5 Å². The molecule has 2 aromatic carbocycles. The third-order valence-electron chi connectivity index (χ3n) is 6.90. The summed E-state index contributed by atoms with van der Waals surface area (Å²) in [5.41, 5.74) is 1.63. The zero-order chi connectivity index (χ0) is 24.5. The van der Waals surface area contributed by atoms with E-state index >= 15 is 0 Å². The van der Waals surface area contributed by atoms with Crippen LogP contribution in [0.25, 0.3) is 10.9 Å². The van der Waals surface area contributed by atoms with Gasteiger partial charge < -0.3 is 4.90 Å². The number of aromatic nitrogens is 2. The fourth-order valence-electron chi connectivity index (χ4n) is 4.82. The van der Waals surface area contributed by atoms with E-state index in [1.54, 1.807) is 23.5 Å². The summed E-state index contributed by atoms with van der Waals surface area (Å²) < 4.78 is 30.5. The highest BCUT2D eigenvalue weighted by molar-refractivity contribution is 7.89. The average Bonchev–Trinajstić information content (AvgIpc) is 3.20. The maximum Gasteiger partial charge on any atom is 0.243 e. The van der Waals surface area contributed by atoms with Gasteiger partial charge in [-0.25, -0.2) is 8.42 Å². The first kappa shape index (κ1) is 25.3. The summed E-state index contributed by atoms with van der Waals surface area (Å²) in [6.07, 6.45) is 5.16. The first-order valence-electron chi connectivity index (χ1n) is 11.9. The number of hydrogen-bond donors (Lipinski definition) is 0. The van der Waals surface area contributed by atoms with Crippen LogP contribution in [-0.2, 0) is 16.6 Å². The highest BCUT2D eigenvalue weighted by Gasteiger charge is 2.30. The Morgan fingerprint density at radius 3 is 2.29 bits per heavy atom. The van der Waals surface area contributed by atoms with E-state index < -0.39 is 10.0 Å². The van der Waals surface area contributed by atoms with Gasteiger partial charge in [-0.2, -0.15) is 9.40 Å². The molecular formula is C25H32Cl2N4O2S. The van der Waals surface area contributed by atoms with E-state index in [4.69, 9.17) is 28.3 Å². The van der Waals surface area contributed by atoms with Gasteiger partial charge in [0.2, 0.25) is 10.0 Å². The molecule has 0 spiro atoms. The number of benzene rings is 2. The van der Waals surface area contributed by atoms with Crippen LogP contribution in [0.4, 0.5) is 5.82 Å². The maximum atomic E-state index is 13.5. The monoisotopic (exact) mass is 522 g/mol. The fraction of sp³-hybridized carbons (Fsp3) is 0.480. The van der Waals surface area contributed by atoms with Crippen molar-refractivity contribution < 1.29 is 8.42 Å². The molecule has 3 aromatic rings. The summed E-state index contributed by atoms with van der Waals surface area (Å²) in [4.78, 5) is 2.44. The van der Waals surface area contributed by atoms with Gasteiger partial charge in [0.15, 0.2) is 5.82 Å². The number of nitrogens with zero attached hydrogens (tertiary/aromatic N) is 4. The molecule has 9 heteroatoms. The van der Waals surface area contributed by atoms with Gasteiger partial charge in [-0.05, 0) is 57.0 Å². The minimum absolute atomic E-state index is 0.0572. The molecule has 1 aliphatic carbocycles. The highest BCUT2D eigenvalue weighted by atomic mass is 35.5. The largest absolute Gasteiger partial charge is 0.355 e. The molecule has 1 saturated carbocycles. The van der Waals surface area contributed by atoms with Crippen molar-refractivity contribution in [3.63, 3.8) is 0 Å². The van der Waals surface area contributed by atoms with Crippen LogP contribution in [0.1, 0.15) is 51.5 Å². The molecule has 1 aliphatic rings. The Labute approximate surface area is 212 Å². The van der Waals surface area contributed by atoms with Crippen LogP contribution in [0.15, 0.2) is 41.3 Å². The van der Waals surface area contributed by atoms with Crippen molar-refractivity contribution in [1.82, 2.24) is 14.1 Å². The molecule has 1 heterocycles. The molecule has 0 saturated heterocycles. The smallest absolute Gasteiger partial charge is 0.243 e. The van der Waals surface area contributed by atoms with Crippen molar-refractivity contribution in [2.75, 3.05) is 25.0 Å². The molecule has 0 atom stereocenters. The van der Waals surface area contributed by atoms with E-state index in [0.717, 1.165) is 61.1 Å². The zero-order valence-corrected chi connectivity index (χ0v) is 22.3. The molecule has 4 rings (SSSR count). The summed E-state index contributed by atoms with van der Waals surface area (Å²) in [6, 6.07) is 10.8. The molecule has 0 bridgehead atoms. The SMILES string of the molecule is CCN(CC)c1nn(Cc2c(Cl)cccc2Cl)c2ccc(S(=O)(=O)N(C)C3CCCCC3)cc12. The van der Waals surface area contributed by atoms with E-state index in [1.807, 2.05) is 28.9 Å². The van der Waals surface area contributed by atoms with Crippen molar-refractivity contribution in [3.8, 4) is 0 Å². The van der Waals surface area contributed by atoms with Crippen LogP contribution in [0.2, 0.25) is 10.0 Å². The molecule has 34 heavy (non-hydrogen) atoms. The minimum Gasteiger partial charge on any atom is -0.355 e. The van der Waals surface area contributed by atoms with Gasteiger partial charge in [-0.15, -0.1) is 0 Å². The van der Waals surface area contributed by atoms with Gasteiger partial charge in [0.1, 0.15) is 0 Å². The number of rotatable bonds is 8. The molecule has 0 N–H and O–H groups in total. The lowest BCUT2D eigenvalue weighted by molar-refractivity contribution is 0.286. The lowest BCUT2D eigenvalue weighted by atomic mass is 9.96. The second kappa shape index (κ2) is 10.4. The van der Waals surface area contributed by atoms with Crippen molar-refractivity contribution in [3.05, 3.63) is 52.0 Å². The molecule has 1 aromatic heterocycles. The summed E-state index contributed by atoms with van der Waals surface area (Å²) in [5, 5.41) is 6.85. The van der Waals surface area contributed by atoms with Crippen LogP contribution < -0.4 is 4.90 Å². The quantitative estimate of drug-likeness (QED) is 0.353. The predicted molar refractivity (Wildman–Crippen MR) is 141 cm³/mol. The van der Waals surface area contributed by atoms with E-state index in [2.05, 4.69) is 18.7 Å². The maximum absolute atomic E-state index is 13.5. The van der Waals surface area contributed by atoms with Crippen LogP contribution >= 0.6 is 23.2 Å². The van der Waals surface area contributed by atoms with Gasteiger partial charge in [0, 0.05) is 47.2 Å². The molecule has 1 fully saturated rings. The number of fused-ring (bicyclic) bond motifs is 1. The molecule has 0 unspecified atom stereocenters. The average molecular weight is 524 g/mol. The van der Waals surface area contributed by atoms with Crippen molar-refractivity contribution in [2.24, 2.45) is 0 Å². The van der Waals surface area contributed by atoms with Gasteiger partial charge in [-0.3, -0.25) is 4.68 Å². The highest BCUT2D eigenvalue weighted by Crippen LogP contribution is 2.33. The van der Waals surface area contributed by atoms with Gasteiger partial charge in [0.25, 0.3) is 0 Å². The number of anilines is 1. The lowest BCUT2D eigenvalue weighted by Crippen LogP contribution is -2.38. The van der Waals surface area contributed by atoms with E-state index in [0.29, 0.717) is 21.5 Å². The van der Waals surface area contributed by atoms with E-state index in [9.17, 15) is 8.42 Å². The molecule has 6 nitrogen and oxygen atoms in total. The Balaban J connectivity index is 1.80. The Morgan fingerprint density at radius 2 is 1.68 bits per heavy atom. The second-order valence-electron chi connectivity index (χ2n) is 8.85. The Bertz CT molecular complexity index is 1250. The Kier molecular flexibility index (Phi) is 7.77. The zero-order valence-electron chi connectivity index (χ0n) is 20.0. The van der Waals surface area contributed by atoms with Crippen LogP contribution in [0, 0.1) is 0 Å². The summed E-state index contributed by atoms with van der Waals surface area (Å²) in [7, 11) is -1.90. The topological polar surface area (TPSA) is 58.4 Å². The second-order valence-corrected chi connectivity index (χ2v) is 11.7. The third-order valence-corrected chi connectivity index (χ3v) is 9.52. The van der Waals surface area contributed by atoms with Crippen molar-refractivity contribution >= 4 is 49.9 Å². The third kappa shape index (κ3) is 4.81. The summed E-state index contributed by atoms with van der Waals surface area (Å²) >= 11 is 12.9. The van der Waals surface area contributed by atoms with E-state index in [-0.39, 0.29) is 6.04 Å². The summed E-state index contributed by atoms with van der Waals surface area (Å²) in [5.74, 6) is 0.764. The first-order chi connectivity index (χ1) is 16.3. The number of halogens is 2. The number of sulfonamides is 1.